The molecule has 2 rings (SSSR count). The molecule has 8 nitrogen and oxygen atoms in total. The minimum Gasteiger partial charge on any atom is -0.356 e. The van der Waals surface area contributed by atoms with E-state index in [0.717, 1.165) is 36.5 Å². The first kappa shape index (κ1) is 25.4. The number of hydrogen-bond acceptors (Lipinski definition) is 4. The average molecular weight is 534 g/mol. The van der Waals surface area contributed by atoms with Crippen molar-refractivity contribution in [2.45, 2.75) is 33.4 Å². The molecule has 1 heterocycles. The number of nitrogens with zero attached hydrogens (tertiary/aromatic N) is 3. The van der Waals surface area contributed by atoms with Gasteiger partial charge in [0.05, 0.1) is 11.4 Å². The van der Waals surface area contributed by atoms with Crippen LogP contribution >= 0.6 is 24.0 Å². The molecule has 162 valence electrons. The standard InChI is InChI=1S/C19H30N6O2S.HI/c1-16-14-17(2)25(24-16)12-7-10-21-19(20-3)22-11-13-28(26,27)23-15-18-8-5-4-6-9-18;/h4-6,8-9,14,23H,7,10-13,15H2,1-3H3,(H2,20,21,22);1H. The third kappa shape index (κ3) is 9.59. The van der Waals surface area contributed by atoms with Crippen LogP contribution in [0.4, 0.5) is 0 Å². The van der Waals surface area contributed by atoms with Crippen LogP contribution in [-0.4, -0.2) is 50.0 Å². The molecule has 0 bridgehead atoms. The van der Waals surface area contributed by atoms with Crippen LogP contribution in [0.3, 0.4) is 0 Å². The lowest BCUT2D eigenvalue weighted by atomic mass is 10.2. The molecule has 0 atom stereocenters. The molecule has 0 fully saturated rings. The van der Waals surface area contributed by atoms with Gasteiger partial charge in [-0.3, -0.25) is 9.67 Å². The van der Waals surface area contributed by atoms with Gasteiger partial charge in [-0.1, -0.05) is 30.3 Å². The van der Waals surface area contributed by atoms with Gasteiger partial charge in [0.2, 0.25) is 10.0 Å². The molecule has 0 aliphatic heterocycles. The number of sulfonamides is 1. The molecular weight excluding hydrogens is 503 g/mol. The lowest BCUT2D eigenvalue weighted by Gasteiger charge is -2.13. The predicted molar refractivity (Wildman–Crippen MR) is 128 cm³/mol. The van der Waals surface area contributed by atoms with Crippen LogP contribution in [-0.2, 0) is 23.1 Å². The lowest BCUT2D eigenvalue weighted by molar-refractivity contribution is 0.555. The highest BCUT2D eigenvalue weighted by molar-refractivity contribution is 14.0. The number of halogens is 1. The lowest BCUT2D eigenvalue weighted by Crippen LogP contribution is -2.41. The Morgan fingerprint density at radius 1 is 1.14 bits per heavy atom. The predicted octanol–water partition coefficient (Wildman–Crippen LogP) is 1.79. The van der Waals surface area contributed by atoms with Crippen molar-refractivity contribution in [3.8, 4) is 0 Å². The second-order valence-electron chi connectivity index (χ2n) is 6.56. The summed E-state index contributed by atoms with van der Waals surface area (Å²) in [4.78, 5) is 4.12. The van der Waals surface area contributed by atoms with E-state index in [1.54, 1.807) is 7.05 Å². The Hall–Kier alpha value is -1.66. The fourth-order valence-corrected chi connectivity index (χ4v) is 3.62. The van der Waals surface area contributed by atoms with Crippen molar-refractivity contribution in [3.63, 3.8) is 0 Å². The number of aromatic nitrogens is 2. The van der Waals surface area contributed by atoms with Crippen LogP contribution in [0.5, 0.6) is 0 Å². The topological polar surface area (TPSA) is 100 Å². The molecule has 3 N–H and O–H groups in total. The fraction of sp³-hybridized carbons (Fsp3) is 0.474. The molecule has 0 aliphatic carbocycles. The quantitative estimate of drug-likeness (QED) is 0.187. The van der Waals surface area contributed by atoms with Crippen LogP contribution in [0, 0.1) is 13.8 Å². The number of nitrogens with one attached hydrogen (secondary N) is 3. The van der Waals surface area contributed by atoms with Gasteiger partial charge in [-0.2, -0.15) is 5.10 Å². The van der Waals surface area contributed by atoms with Crippen molar-refractivity contribution >= 4 is 40.0 Å². The van der Waals surface area contributed by atoms with E-state index in [0.29, 0.717) is 12.5 Å². The summed E-state index contributed by atoms with van der Waals surface area (Å²) in [7, 11) is -1.69. The highest BCUT2D eigenvalue weighted by atomic mass is 127. The number of guanidine groups is 1. The molecule has 0 saturated carbocycles. The highest BCUT2D eigenvalue weighted by Gasteiger charge is 2.10. The summed E-state index contributed by atoms with van der Waals surface area (Å²) >= 11 is 0. The highest BCUT2D eigenvalue weighted by Crippen LogP contribution is 2.02. The van der Waals surface area contributed by atoms with E-state index >= 15 is 0 Å². The number of hydrogen-bond donors (Lipinski definition) is 3. The second-order valence-corrected chi connectivity index (χ2v) is 8.48. The van der Waals surface area contributed by atoms with Crippen LogP contribution < -0.4 is 15.4 Å². The first-order chi connectivity index (χ1) is 13.4. The number of aryl methyl sites for hydroxylation is 3. The first-order valence-electron chi connectivity index (χ1n) is 9.36. The van der Waals surface area contributed by atoms with E-state index in [1.165, 1.54) is 0 Å². The molecule has 1 aromatic carbocycles. The van der Waals surface area contributed by atoms with Crippen LogP contribution in [0.25, 0.3) is 0 Å². The van der Waals surface area contributed by atoms with Gasteiger partial charge in [0, 0.05) is 38.9 Å². The molecule has 0 saturated heterocycles. The Labute approximate surface area is 190 Å². The third-order valence-electron chi connectivity index (χ3n) is 4.17. The molecule has 2 aromatic rings. The molecule has 0 radical (unpaired) electrons. The molecule has 0 amide bonds. The first-order valence-corrected chi connectivity index (χ1v) is 11.0. The van der Waals surface area contributed by atoms with Gasteiger partial charge in [-0.25, -0.2) is 13.1 Å². The third-order valence-corrected chi connectivity index (χ3v) is 5.49. The SMILES string of the molecule is CN=C(NCCCn1nc(C)cc1C)NCCS(=O)(=O)NCc1ccccc1.I. The summed E-state index contributed by atoms with van der Waals surface area (Å²) in [6.45, 7) is 6.14. The van der Waals surface area contributed by atoms with Crippen molar-refractivity contribution in [3.05, 3.63) is 53.3 Å². The molecule has 0 aliphatic rings. The fourth-order valence-electron chi connectivity index (χ4n) is 2.72. The monoisotopic (exact) mass is 534 g/mol. The summed E-state index contributed by atoms with van der Waals surface area (Å²) in [6.07, 6.45) is 0.888. The maximum Gasteiger partial charge on any atom is 0.213 e. The smallest absolute Gasteiger partial charge is 0.213 e. The zero-order valence-corrected chi connectivity index (χ0v) is 20.3. The number of rotatable bonds is 10. The van der Waals surface area contributed by atoms with Gasteiger partial charge in [-0.05, 0) is 31.9 Å². The van der Waals surface area contributed by atoms with Crippen molar-refractivity contribution < 1.29 is 8.42 Å². The summed E-state index contributed by atoms with van der Waals surface area (Å²) in [6, 6.07) is 11.5. The van der Waals surface area contributed by atoms with E-state index in [9.17, 15) is 8.42 Å². The minimum atomic E-state index is -3.35. The zero-order valence-electron chi connectivity index (χ0n) is 17.2. The van der Waals surface area contributed by atoms with Crippen molar-refractivity contribution in [1.82, 2.24) is 25.1 Å². The van der Waals surface area contributed by atoms with Crippen molar-refractivity contribution in [2.75, 3.05) is 25.9 Å². The van der Waals surface area contributed by atoms with E-state index in [-0.39, 0.29) is 36.3 Å². The Bertz CT molecular complexity index is 868. The van der Waals surface area contributed by atoms with Gasteiger partial charge in [0.1, 0.15) is 0 Å². The summed E-state index contributed by atoms with van der Waals surface area (Å²) < 4.78 is 28.8. The van der Waals surface area contributed by atoms with Crippen LogP contribution in [0.1, 0.15) is 23.4 Å². The maximum atomic E-state index is 12.1. The number of benzene rings is 1. The summed E-state index contributed by atoms with van der Waals surface area (Å²) in [5.74, 6) is 0.568. The van der Waals surface area contributed by atoms with Crippen LogP contribution in [0.15, 0.2) is 41.4 Å². The van der Waals surface area contributed by atoms with Crippen molar-refractivity contribution in [1.29, 1.82) is 0 Å². The maximum absolute atomic E-state index is 12.1. The van der Waals surface area contributed by atoms with E-state index in [1.807, 2.05) is 48.9 Å². The normalized spacial score (nSPS) is 11.8. The summed E-state index contributed by atoms with van der Waals surface area (Å²) in [5.41, 5.74) is 3.09. The van der Waals surface area contributed by atoms with E-state index in [2.05, 4.69) is 31.5 Å². The van der Waals surface area contributed by atoms with Gasteiger partial charge >= 0.3 is 0 Å². The van der Waals surface area contributed by atoms with E-state index in [4.69, 9.17) is 0 Å². The van der Waals surface area contributed by atoms with Gasteiger partial charge in [0.15, 0.2) is 5.96 Å². The Morgan fingerprint density at radius 3 is 2.45 bits per heavy atom. The molecule has 1 aromatic heterocycles. The van der Waals surface area contributed by atoms with E-state index < -0.39 is 10.0 Å². The van der Waals surface area contributed by atoms with Gasteiger partial charge < -0.3 is 10.6 Å². The second kappa shape index (κ2) is 12.8. The van der Waals surface area contributed by atoms with Crippen molar-refractivity contribution in [2.24, 2.45) is 4.99 Å². The molecular formula is C19H31IN6O2S. The van der Waals surface area contributed by atoms with Gasteiger partial charge in [-0.15, -0.1) is 24.0 Å². The Kier molecular flexibility index (Phi) is 11.2. The molecule has 29 heavy (non-hydrogen) atoms. The Morgan fingerprint density at radius 2 is 1.83 bits per heavy atom. The molecule has 10 heteroatoms. The largest absolute Gasteiger partial charge is 0.356 e. The minimum absolute atomic E-state index is 0. The number of aliphatic imine (C=N–C) groups is 1. The summed E-state index contributed by atoms with van der Waals surface area (Å²) in [5, 5.41) is 10.7. The Balaban J connectivity index is 0.00000420. The average Bonchev–Trinajstić information content (AvgIpc) is 3.00. The van der Waals surface area contributed by atoms with Gasteiger partial charge in [0.25, 0.3) is 0 Å². The molecule has 0 spiro atoms. The van der Waals surface area contributed by atoms with Crippen LogP contribution in [0.2, 0.25) is 0 Å². The zero-order chi connectivity index (χ0) is 20.4. The molecule has 0 unspecified atom stereocenters.